The van der Waals surface area contributed by atoms with Crippen LogP contribution in [-0.4, -0.2) is 42.9 Å². The fourth-order valence-electron chi connectivity index (χ4n) is 1.40. The molecule has 0 heterocycles. The molecule has 1 unspecified atom stereocenters. The molecule has 2 amide bonds. The number of hydrogen-bond donors (Lipinski definition) is 3. The zero-order valence-electron chi connectivity index (χ0n) is 11.4. The predicted molar refractivity (Wildman–Crippen MR) is 68.5 cm³/mol. The Balaban J connectivity index is 3.70. The van der Waals surface area contributed by atoms with Crippen molar-refractivity contribution in [1.29, 1.82) is 0 Å². The molecule has 18 heavy (non-hydrogen) atoms. The molecule has 0 rings (SSSR count). The van der Waals surface area contributed by atoms with Gasteiger partial charge in [-0.3, -0.25) is 4.79 Å². The molecule has 0 saturated carbocycles. The summed E-state index contributed by atoms with van der Waals surface area (Å²) in [4.78, 5) is 22.2. The van der Waals surface area contributed by atoms with Gasteiger partial charge in [-0.15, -0.1) is 0 Å². The second-order valence-electron chi connectivity index (χ2n) is 4.38. The summed E-state index contributed by atoms with van der Waals surface area (Å²) in [7, 11) is 0. The molecular weight excluding hydrogens is 236 g/mol. The maximum absolute atomic E-state index is 11.3. The van der Waals surface area contributed by atoms with Crippen LogP contribution < -0.4 is 10.6 Å². The summed E-state index contributed by atoms with van der Waals surface area (Å²) in [6.45, 7) is 6.77. The average molecular weight is 260 g/mol. The van der Waals surface area contributed by atoms with Crippen molar-refractivity contribution in [3.05, 3.63) is 0 Å². The van der Waals surface area contributed by atoms with Crippen LogP contribution in [0.4, 0.5) is 4.79 Å². The van der Waals surface area contributed by atoms with Gasteiger partial charge >= 0.3 is 12.0 Å². The van der Waals surface area contributed by atoms with E-state index in [1.54, 1.807) is 0 Å². The number of carbonyl (C=O) groups excluding carboxylic acids is 1. The molecule has 0 aromatic carbocycles. The molecule has 0 aliphatic heterocycles. The van der Waals surface area contributed by atoms with E-state index in [2.05, 4.69) is 10.6 Å². The minimum Gasteiger partial charge on any atom is -0.481 e. The highest BCUT2D eigenvalue weighted by atomic mass is 16.5. The van der Waals surface area contributed by atoms with E-state index in [-0.39, 0.29) is 18.7 Å². The molecule has 3 N–H and O–H groups in total. The van der Waals surface area contributed by atoms with E-state index in [9.17, 15) is 9.59 Å². The van der Waals surface area contributed by atoms with Gasteiger partial charge in [0.1, 0.15) is 0 Å². The van der Waals surface area contributed by atoms with Crippen LogP contribution in [-0.2, 0) is 9.53 Å². The lowest BCUT2D eigenvalue weighted by Crippen LogP contribution is -2.41. The Kier molecular flexibility index (Phi) is 9.00. The first-order valence-electron chi connectivity index (χ1n) is 6.33. The van der Waals surface area contributed by atoms with E-state index in [4.69, 9.17) is 9.84 Å². The van der Waals surface area contributed by atoms with Gasteiger partial charge in [-0.1, -0.05) is 13.3 Å². The van der Waals surface area contributed by atoms with Crippen LogP contribution in [0, 0.1) is 5.92 Å². The maximum atomic E-state index is 11.3. The van der Waals surface area contributed by atoms with Crippen LogP contribution in [0.25, 0.3) is 0 Å². The predicted octanol–water partition coefficient (Wildman–Crippen LogP) is 1.21. The normalized spacial score (nSPS) is 12.2. The number of amides is 2. The molecule has 1 atom stereocenters. The second kappa shape index (κ2) is 9.70. The van der Waals surface area contributed by atoms with Crippen LogP contribution in [0.2, 0.25) is 0 Å². The van der Waals surface area contributed by atoms with Crippen molar-refractivity contribution in [3.63, 3.8) is 0 Å². The van der Waals surface area contributed by atoms with E-state index in [0.717, 1.165) is 6.42 Å². The summed E-state index contributed by atoms with van der Waals surface area (Å²) >= 11 is 0. The molecule has 0 radical (unpaired) electrons. The standard InChI is InChI=1S/C12H24N2O4/c1-4-5-10(11(15)16)8-14-12(17)13-6-7-18-9(2)3/h9-10H,4-8H2,1-3H3,(H,15,16)(H2,13,14,17). The molecule has 0 spiro atoms. The Labute approximate surface area is 108 Å². The fraction of sp³-hybridized carbons (Fsp3) is 0.833. The largest absolute Gasteiger partial charge is 0.481 e. The van der Waals surface area contributed by atoms with Gasteiger partial charge in [-0.2, -0.15) is 0 Å². The molecule has 0 aliphatic carbocycles. The van der Waals surface area contributed by atoms with Gasteiger partial charge in [0.2, 0.25) is 0 Å². The number of carboxylic acids is 1. The highest BCUT2D eigenvalue weighted by molar-refractivity contribution is 5.75. The number of urea groups is 1. The Morgan fingerprint density at radius 1 is 1.28 bits per heavy atom. The highest BCUT2D eigenvalue weighted by Crippen LogP contribution is 2.04. The maximum Gasteiger partial charge on any atom is 0.314 e. The van der Waals surface area contributed by atoms with E-state index in [1.807, 2.05) is 20.8 Å². The average Bonchev–Trinajstić information content (AvgIpc) is 2.29. The van der Waals surface area contributed by atoms with Crippen molar-refractivity contribution in [2.75, 3.05) is 19.7 Å². The Bertz CT molecular complexity index is 256. The van der Waals surface area contributed by atoms with Crippen LogP contribution >= 0.6 is 0 Å². The van der Waals surface area contributed by atoms with E-state index < -0.39 is 11.9 Å². The molecule has 0 aromatic heterocycles. The van der Waals surface area contributed by atoms with Crippen molar-refractivity contribution in [2.24, 2.45) is 5.92 Å². The first-order chi connectivity index (χ1) is 8.47. The lowest BCUT2D eigenvalue weighted by atomic mass is 10.0. The van der Waals surface area contributed by atoms with Crippen LogP contribution in [0.15, 0.2) is 0 Å². The number of rotatable bonds is 9. The molecule has 0 aliphatic rings. The number of ether oxygens (including phenoxy) is 1. The molecule has 106 valence electrons. The summed E-state index contributed by atoms with van der Waals surface area (Å²) in [6.07, 6.45) is 1.48. The van der Waals surface area contributed by atoms with Crippen LogP contribution in [0.1, 0.15) is 33.6 Å². The third-order valence-electron chi connectivity index (χ3n) is 2.33. The summed E-state index contributed by atoms with van der Waals surface area (Å²) in [5.41, 5.74) is 0. The third kappa shape index (κ3) is 8.81. The summed E-state index contributed by atoms with van der Waals surface area (Å²) in [6, 6.07) is -0.357. The van der Waals surface area contributed by atoms with Crippen molar-refractivity contribution < 1.29 is 19.4 Å². The van der Waals surface area contributed by atoms with Gasteiger partial charge in [0.15, 0.2) is 0 Å². The Morgan fingerprint density at radius 3 is 2.44 bits per heavy atom. The van der Waals surface area contributed by atoms with Gasteiger partial charge in [-0.25, -0.2) is 4.79 Å². The topological polar surface area (TPSA) is 87.7 Å². The zero-order valence-corrected chi connectivity index (χ0v) is 11.4. The number of hydrogen-bond acceptors (Lipinski definition) is 3. The van der Waals surface area contributed by atoms with Gasteiger partial charge < -0.3 is 20.5 Å². The highest BCUT2D eigenvalue weighted by Gasteiger charge is 2.16. The quantitative estimate of drug-likeness (QED) is 0.544. The van der Waals surface area contributed by atoms with Gasteiger partial charge in [0.25, 0.3) is 0 Å². The van der Waals surface area contributed by atoms with Gasteiger partial charge in [0.05, 0.1) is 18.6 Å². The first kappa shape index (κ1) is 16.7. The molecule has 6 heteroatoms. The molecular formula is C12H24N2O4. The third-order valence-corrected chi connectivity index (χ3v) is 2.33. The second-order valence-corrected chi connectivity index (χ2v) is 4.38. The molecule has 0 fully saturated rings. The summed E-state index contributed by atoms with van der Waals surface area (Å²) < 4.78 is 5.26. The monoisotopic (exact) mass is 260 g/mol. The lowest BCUT2D eigenvalue weighted by Gasteiger charge is -2.13. The minimum atomic E-state index is -0.875. The van der Waals surface area contributed by atoms with Gasteiger partial charge in [-0.05, 0) is 20.3 Å². The summed E-state index contributed by atoms with van der Waals surface area (Å²) in [5.74, 6) is -1.40. The van der Waals surface area contributed by atoms with E-state index in [1.165, 1.54) is 0 Å². The van der Waals surface area contributed by atoms with Crippen LogP contribution in [0.5, 0.6) is 0 Å². The van der Waals surface area contributed by atoms with Crippen molar-refractivity contribution in [2.45, 2.75) is 39.7 Å². The molecule has 6 nitrogen and oxygen atoms in total. The Hall–Kier alpha value is -1.30. The Morgan fingerprint density at radius 2 is 1.94 bits per heavy atom. The first-order valence-corrected chi connectivity index (χ1v) is 6.33. The fourth-order valence-corrected chi connectivity index (χ4v) is 1.40. The smallest absolute Gasteiger partial charge is 0.314 e. The SMILES string of the molecule is CCCC(CNC(=O)NCCOC(C)C)C(=O)O. The number of aliphatic carboxylic acids is 1. The molecule has 0 bridgehead atoms. The van der Waals surface area contributed by atoms with Crippen molar-refractivity contribution >= 4 is 12.0 Å². The van der Waals surface area contributed by atoms with E-state index in [0.29, 0.717) is 19.6 Å². The van der Waals surface area contributed by atoms with Crippen LogP contribution in [0.3, 0.4) is 0 Å². The van der Waals surface area contributed by atoms with Crippen molar-refractivity contribution in [1.82, 2.24) is 10.6 Å². The molecule has 0 saturated heterocycles. The lowest BCUT2D eigenvalue weighted by molar-refractivity contribution is -0.141. The number of carbonyl (C=O) groups is 2. The summed E-state index contributed by atoms with van der Waals surface area (Å²) in [5, 5.41) is 14.1. The molecule has 0 aromatic rings. The van der Waals surface area contributed by atoms with Gasteiger partial charge in [0, 0.05) is 13.1 Å². The van der Waals surface area contributed by atoms with Crippen molar-refractivity contribution in [3.8, 4) is 0 Å². The minimum absolute atomic E-state index is 0.135. The number of carboxylic acid groups (broad SMARTS) is 1. The zero-order chi connectivity index (χ0) is 14.0. The number of nitrogens with one attached hydrogen (secondary N) is 2. The van der Waals surface area contributed by atoms with E-state index >= 15 is 0 Å².